The molecule has 0 bridgehead atoms. The number of aromatic nitrogens is 2. The predicted molar refractivity (Wildman–Crippen MR) is 121 cm³/mol. The normalized spacial score (nSPS) is 10.8. The summed E-state index contributed by atoms with van der Waals surface area (Å²) in [6.07, 6.45) is 1.49. The van der Waals surface area contributed by atoms with Crippen molar-refractivity contribution in [3.05, 3.63) is 62.7 Å². The SMILES string of the molecule is CNc1nsnc1C(=O)N/N=C\c1cc(Br)c(OCc2ccccc2Cl)c(OC)c1. The Balaban J connectivity index is 1.71. The third kappa shape index (κ3) is 5.26. The Morgan fingerprint density at radius 3 is 2.87 bits per heavy atom. The van der Waals surface area contributed by atoms with Crippen molar-refractivity contribution in [1.29, 1.82) is 0 Å². The van der Waals surface area contributed by atoms with Crippen molar-refractivity contribution in [2.24, 2.45) is 5.10 Å². The number of carbonyl (C=O) groups is 1. The van der Waals surface area contributed by atoms with Crippen LogP contribution in [-0.4, -0.2) is 35.0 Å². The lowest BCUT2D eigenvalue weighted by atomic mass is 10.2. The number of hydrazone groups is 1. The second-order valence-corrected chi connectivity index (χ2v) is 7.61. The number of hydrogen-bond acceptors (Lipinski definition) is 8. The molecule has 0 aliphatic carbocycles. The highest BCUT2D eigenvalue weighted by Gasteiger charge is 2.15. The number of anilines is 1. The molecule has 30 heavy (non-hydrogen) atoms. The standard InChI is InChI=1S/C19H17BrClN5O3S/c1-22-18-16(25-30-26-18)19(27)24-23-9-11-7-13(20)17(15(8-11)28-2)29-10-12-5-3-4-6-14(12)21/h3-9H,10H2,1-2H3,(H,22,26)(H,24,27)/b23-9-. The molecule has 0 radical (unpaired) electrons. The van der Waals surface area contributed by atoms with E-state index in [0.717, 1.165) is 17.3 Å². The molecule has 1 amide bonds. The molecule has 0 aliphatic rings. The number of nitrogens with one attached hydrogen (secondary N) is 2. The van der Waals surface area contributed by atoms with E-state index in [1.807, 2.05) is 24.3 Å². The Bertz CT molecular complexity index is 1080. The minimum absolute atomic E-state index is 0.182. The maximum Gasteiger partial charge on any atom is 0.294 e. The summed E-state index contributed by atoms with van der Waals surface area (Å²) in [5, 5.41) is 7.40. The number of amides is 1. The van der Waals surface area contributed by atoms with Crippen LogP contribution in [0.15, 0.2) is 46.0 Å². The molecule has 3 aromatic rings. The van der Waals surface area contributed by atoms with Gasteiger partial charge in [0.15, 0.2) is 23.0 Å². The monoisotopic (exact) mass is 509 g/mol. The maximum absolute atomic E-state index is 12.1. The van der Waals surface area contributed by atoms with Crippen molar-refractivity contribution in [1.82, 2.24) is 14.2 Å². The van der Waals surface area contributed by atoms with E-state index < -0.39 is 5.91 Å². The van der Waals surface area contributed by atoms with Gasteiger partial charge in [0.25, 0.3) is 5.91 Å². The molecule has 0 spiro atoms. The quantitative estimate of drug-likeness (QED) is 0.345. The van der Waals surface area contributed by atoms with Gasteiger partial charge in [-0.2, -0.15) is 13.8 Å². The van der Waals surface area contributed by atoms with Crippen molar-refractivity contribution in [2.45, 2.75) is 6.61 Å². The van der Waals surface area contributed by atoms with Gasteiger partial charge < -0.3 is 14.8 Å². The van der Waals surface area contributed by atoms with E-state index >= 15 is 0 Å². The fraction of sp³-hybridized carbons (Fsp3) is 0.158. The van der Waals surface area contributed by atoms with Gasteiger partial charge in [0.05, 0.1) is 29.5 Å². The van der Waals surface area contributed by atoms with Crippen molar-refractivity contribution >= 4 is 57.2 Å². The van der Waals surface area contributed by atoms with E-state index in [1.54, 1.807) is 26.3 Å². The largest absolute Gasteiger partial charge is 0.493 e. The fourth-order valence-corrected chi connectivity index (χ4v) is 3.76. The number of carbonyl (C=O) groups excluding carboxylic acids is 1. The third-order valence-corrected chi connectivity index (χ3v) is 5.39. The van der Waals surface area contributed by atoms with Crippen LogP contribution >= 0.6 is 39.3 Å². The van der Waals surface area contributed by atoms with E-state index in [-0.39, 0.29) is 12.3 Å². The molecule has 0 saturated carbocycles. The van der Waals surface area contributed by atoms with Crippen LogP contribution in [-0.2, 0) is 6.61 Å². The lowest BCUT2D eigenvalue weighted by Crippen LogP contribution is -2.19. The molecule has 0 fully saturated rings. The number of ether oxygens (including phenoxy) is 2. The van der Waals surface area contributed by atoms with Gasteiger partial charge in [-0.1, -0.05) is 29.8 Å². The zero-order valence-electron chi connectivity index (χ0n) is 16.0. The maximum atomic E-state index is 12.1. The van der Waals surface area contributed by atoms with Crippen molar-refractivity contribution in [3.8, 4) is 11.5 Å². The third-order valence-electron chi connectivity index (χ3n) is 3.90. The Kier molecular flexibility index (Phi) is 7.61. The molecule has 1 aromatic heterocycles. The summed E-state index contributed by atoms with van der Waals surface area (Å²) in [6, 6.07) is 11.0. The number of rotatable bonds is 8. The molecule has 2 N–H and O–H groups in total. The summed E-state index contributed by atoms with van der Waals surface area (Å²) in [7, 11) is 3.21. The molecular formula is C19H17BrClN5O3S. The average Bonchev–Trinajstić information content (AvgIpc) is 3.22. The predicted octanol–water partition coefficient (Wildman–Crippen LogP) is 4.35. The molecule has 0 atom stereocenters. The molecular weight excluding hydrogens is 494 g/mol. The second kappa shape index (κ2) is 10.4. The van der Waals surface area contributed by atoms with E-state index in [0.29, 0.717) is 32.4 Å². The molecule has 11 heteroatoms. The number of nitrogens with zero attached hydrogens (tertiary/aromatic N) is 3. The van der Waals surface area contributed by atoms with Gasteiger partial charge in [0.2, 0.25) is 0 Å². The van der Waals surface area contributed by atoms with E-state index in [9.17, 15) is 4.79 Å². The zero-order valence-corrected chi connectivity index (χ0v) is 19.1. The smallest absolute Gasteiger partial charge is 0.294 e. The molecule has 0 unspecified atom stereocenters. The molecule has 3 rings (SSSR count). The summed E-state index contributed by atoms with van der Waals surface area (Å²) in [4.78, 5) is 12.1. The van der Waals surface area contributed by atoms with Gasteiger partial charge >= 0.3 is 0 Å². The van der Waals surface area contributed by atoms with Crippen LogP contribution in [0.2, 0.25) is 5.02 Å². The molecule has 156 valence electrons. The van der Waals surface area contributed by atoms with Crippen LogP contribution in [0.3, 0.4) is 0 Å². The van der Waals surface area contributed by atoms with Gasteiger partial charge in [-0.15, -0.1) is 0 Å². The highest BCUT2D eigenvalue weighted by atomic mass is 79.9. The van der Waals surface area contributed by atoms with Crippen molar-refractivity contribution in [3.63, 3.8) is 0 Å². The minimum atomic E-state index is -0.463. The summed E-state index contributed by atoms with van der Waals surface area (Å²) >= 11 is 10.6. The summed E-state index contributed by atoms with van der Waals surface area (Å²) in [5.41, 5.74) is 4.16. The van der Waals surface area contributed by atoms with Crippen molar-refractivity contribution < 1.29 is 14.3 Å². The number of hydrogen-bond donors (Lipinski definition) is 2. The lowest BCUT2D eigenvalue weighted by Gasteiger charge is -2.14. The highest BCUT2D eigenvalue weighted by Crippen LogP contribution is 2.37. The Labute approximate surface area is 190 Å². The van der Waals surface area contributed by atoms with Crippen LogP contribution in [0, 0.1) is 0 Å². The van der Waals surface area contributed by atoms with Gasteiger partial charge in [0.1, 0.15) is 6.61 Å². The number of halogens is 2. The Morgan fingerprint density at radius 1 is 1.33 bits per heavy atom. The van der Waals surface area contributed by atoms with E-state index in [1.165, 1.54) is 6.21 Å². The summed E-state index contributed by atoms with van der Waals surface area (Å²) in [5.74, 6) is 0.975. The molecule has 1 heterocycles. The van der Waals surface area contributed by atoms with Crippen LogP contribution in [0.4, 0.5) is 5.82 Å². The highest BCUT2D eigenvalue weighted by molar-refractivity contribution is 9.10. The minimum Gasteiger partial charge on any atom is -0.493 e. The first-order valence-corrected chi connectivity index (χ1v) is 10.5. The van der Waals surface area contributed by atoms with Gasteiger partial charge in [-0.25, -0.2) is 5.43 Å². The van der Waals surface area contributed by atoms with Gasteiger partial charge in [-0.05, 0) is 39.7 Å². The second-order valence-electron chi connectivity index (χ2n) is 5.82. The fourth-order valence-electron chi connectivity index (χ4n) is 2.44. The lowest BCUT2D eigenvalue weighted by molar-refractivity contribution is 0.0952. The van der Waals surface area contributed by atoms with Crippen LogP contribution in [0.1, 0.15) is 21.6 Å². The Morgan fingerprint density at radius 2 is 2.13 bits per heavy atom. The van der Waals surface area contributed by atoms with E-state index in [4.69, 9.17) is 21.1 Å². The van der Waals surface area contributed by atoms with Crippen LogP contribution in [0.25, 0.3) is 0 Å². The number of benzene rings is 2. The van der Waals surface area contributed by atoms with Crippen LogP contribution < -0.4 is 20.2 Å². The number of methoxy groups -OCH3 is 1. The zero-order chi connectivity index (χ0) is 21.5. The molecule has 0 saturated heterocycles. The van der Waals surface area contributed by atoms with Crippen molar-refractivity contribution in [2.75, 3.05) is 19.5 Å². The Hall–Kier alpha value is -2.69. The van der Waals surface area contributed by atoms with Gasteiger partial charge in [-0.3, -0.25) is 4.79 Å². The van der Waals surface area contributed by atoms with E-state index in [2.05, 4.69) is 40.5 Å². The average molecular weight is 511 g/mol. The topological polar surface area (TPSA) is 97.7 Å². The first kappa shape index (κ1) is 22.0. The van der Waals surface area contributed by atoms with Crippen LogP contribution in [0.5, 0.6) is 11.5 Å². The summed E-state index contributed by atoms with van der Waals surface area (Å²) in [6.45, 7) is 0.285. The van der Waals surface area contributed by atoms with Gasteiger partial charge in [0, 0.05) is 17.6 Å². The molecule has 8 nitrogen and oxygen atoms in total. The first-order chi connectivity index (χ1) is 14.5. The first-order valence-electron chi connectivity index (χ1n) is 8.61. The molecule has 0 aliphatic heterocycles. The summed E-state index contributed by atoms with van der Waals surface area (Å²) < 4.78 is 19.9. The molecule has 2 aromatic carbocycles.